The van der Waals surface area contributed by atoms with Crippen LogP contribution >= 0.6 is 44.7 Å². The molecule has 0 radical (unpaired) electrons. The quantitative estimate of drug-likeness (QED) is 0.0117. The molecular formula is C47H43N9O20P4S+4. The Hall–Kier alpha value is -7.90. The zero-order chi connectivity index (χ0) is 58.9. The summed E-state index contributed by atoms with van der Waals surface area (Å²) in [6, 6.07) is 7.19. The van der Waals surface area contributed by atoms with E-state index < -0.39 is 152 Å². The number of hydrogen-bond donors (Lipinski definition) is 10. The smallest absolute Gasteiger partial charge is 0.354 e. The van der Waals surface area contributed by atoms with Crippen LogP contribution in [0.25, 0.3) is 21.5 Å². The van der Waals surface area contributed by atoms with Gasteiger partial charge in [-0.25, -0.2) is 5.43 Å². The monoisotopic (exact) mass is 1210 g/mol. The van der Waals surface area contributed by atoms with E-state index in [1.54, 1.807) is 0 Å². The van der Waals surface area contributed by atoms with Gasteiger partial charge in [-0.2, -0.15) is 37.3 Å². The number of carbonyl (C=O) groups excluding carboxylic acids is 12. The molecule has 4 aromatic rings. The van der Waals surface area contributed by atoms with E-state index in [-0.39, 0.29) is 104 Å². The van der Waals surface area contributed by atoms with Crippen LogP contribution in [-0.2, 0) is 37.4 Å². The predicted octanol–water partition coefficient (Wildman–Crippen LogP) is 1.02. The van der Waals surface area contributed by atoms with Crippen molar-refractivity contribution >= 4 is 143 Å². The van der Waals surface area contributed by atoms with Gasteiger partial charge in [-0.05, 0) is 86.1 Å². The molecule has 0 bridgehead atoms. The third-order valence-electron chi connectivity index (χ3n) is 13.4. The third-order valence-corrected chi connectivity index (χ3v) is 18.9. The molecule has 0 aliphatic carbocycles. The lowest BCUT2D eigenvalue weighted by Gasteiger charge is -2.33. The van der Waals surface area contributed by atoms with Crippen molar-refractivity contribution in [2.24, 2.45) is 5.10 Å². The molecule has 4 aromatic carbocycles. The summed E-state index contributed by atoms with van der Waals surface area (Å²) < 4.78 is 45.7. The van der Waals surface area contributed by atoms with Gasteiger partial charge >= 0.3 is 42.9 Å². The highest BCUT2D eigenvalue weighted by Crippen LogP contribution is 2.43. The maximum Gasteiger partial charge on any atom is 0.565 e. The molecule has 12 amide bonds. The molecular weight excluding hydrogens is 1170 g/mol. The average molecular weight is 1210 g/mol. The molecule has 4 aliphatic rings. The molecule has 418 valence electrons. The van der Waals surface area contributed by atoms with Crippen molar-refractivity contribution in [2.45, 2.75) is 55.0 Å². The second-order valence-corrected chi connectivity index (χ2v) is 24.3. The van der Waals surface area contributed by atoms with Gasteiger partial charge in [-0.1, -0.05) is 0 Å². The summed E-state index contributed by atoms with van der Waals surface area (Å²) in [5, 5.41) is 9.78. The van der Waals surface area contributed by atoms with Crippen molar-refractivity contribution in [3.63, 3.8) is 0 Å². The van der Waals surface area contributed by atoms with Gasteiger partial charge in [-0.15, -0.1) is 0 Å². The zero-order valence-electron chi connectivity index (χ0n) is 41.4. The number of carbonyl (C=O) groups is 12. The normalized spacial score (nSPS) is 16.7. The number of nitrogens with one attached hydrogen (secondary N) is 5. The number of hydrogen-bond acceptors (Lipinski definition) is 18. The molecule has 0 fully saturated rings. The Morgan fingerprint density at radius 1 is 0.556 bits per heavy atom. The number of nitrogens with zero attached hydrogens (tertiary/aromatic N) is 4. The van der Waals surface area contributed by atoms with Crippen molar-refractivity contribution in [3.8, 4) is 0 Å². The topological polar surface area (TPSA) is 436 Å². The summed E-state index contributed by atoms with van der Waals surface area (Å²) in [6.07, 6.45) is -0.865. The van der Waals surface area contributed by atoms with Crippen LogP contribution in [0.4, 0.5) is 0 Å². The zero-order valence-corrected chi connectivity index (χ0v) is 45.9. The minimum absolute atomic E-state index is 0.000982. The Balaban J connectivity index is 0.962. The highest BCUT2D eigenvalue weighted by atomic mass is 32.1. The van der Waals surface area contributed by atoms with Crippen LogP contribution in [0, 0.1) is 0 Å². The van der Waals surface area contributed by atoms with E-state index in [0.717, 1.165) is 16.0 Å². The molecule has 0 saturated carbocycles. The molecule has 81 heavy (non-hydrogen) atoms. The van der Waals surface area contributed by atoms with Crippen molar-refractivity contribution < 1.29 is 95.4 Å². The van der Waals surface area contributed by atoms with Crippen LogP contribution in [0.3, 0.4) is 0 Å². The third kappa shape index (κ3) is 11.6. The van der Waals surface area contributed by atoms with Crippen molar-refractivity contribution in [1.29, 1.82) is 0 Å². The molecule has 6 atom stereocenters. The lowest BCUT2D eigenvalue weighted by Crippen LogP contribution is -2.53. The van der Waals surface area contributed by atoms with E-state index in [0.29, 0.717) is 4.90 Å². The number of unbranched alkanes of at least 4 members (excludes halogenated alkanes) is 1. The minimum atomic E-state index is -3.21. The lowest BCUT2D eigenvalue weighted by atomic mass is 9.86. The highest BCUT2D eigenvalue weighted by molar-refractivity contribution is 7.80. The van der Waals surface area contributed by atoms with E-state index in [1.165, 1.54) is 48.5 Å². The van der Waals surface area contributed by atoms with Gasteiger partial charge in [0, 0.05) is 97.7 Å². The van der Waals surface area contributed by atoms with Gasteiger partial charge in [0.2, 0.25) is 17.7 Å². The summed E-state index contributed by atoms with van der Waals surface area (Å²) in [5.74, 6) is -11.0. The van der Waals surface area contributed by atoms with Gasteiger partial charge in [0.25, 0.3) is 53.2 Å². The largest absolute Gasteiger partial charge is 0.565 e. The van der Waals surface area contributed by atoms with E-state index in [2.05, 4.69) is 44.4 Å². The molecule has 4 aliphatic heterocycles. The summed E-state index contributed by atoms with van der Waals surface area (Å²) in [5.41, 5.74) is 1.69. The fourth-order valence-corrected chi connectivity index (χ4v) is 12.5. The minimum Gasteiger partial charge on any atom is -0.354 e. The van der Waals surface area contributed by atoms with E-state index in [4.69, 9.17) is 0 Å². The van der Waals surface area contributed by atoms with Crippen molar-refractivity contribution in [1.82, 2.24) is 41.4 Å². The molecule has 8 rings (SSSR count). The average Bonchev–Trinajstić information content (AvgIpc) is 3.59. The first-order valence-corrected chi connectivity index (χ1v) is 29.8. The maximum atomic E-state index is 14.4. The lowest BCUT2D eigenvalue weighted by molar-refractivity contribution is -0.128. The van der Waals surface area contributed by atoms with Crippen LogP contribution in [0.1, 0.15) is 115 Å². The van der Waals surface area contributed by atoms with E-state index in [9.17, 15) is 95.4 Å². The molecule has 34 heteroatoms. The fraction of sp³-hybridized carbons (Fsp3) is 0.298. The van der Waals surface area contributed by atoms with Crippen molar-refractivity contribution in [3.05, 3.63) is 93.0 Å². The molecule has 0 aromatic heterocycles. The Bertz CT molecular complexity index is 3470. The SMILES string of the molecule is O=C(CC([P+](=O)O)[P+](=O)O)NCCN1C(=O)c2ccc3c4c(ccc(c24)C1=O)C(=O)N(C/C=N/NC(=O)[C@@H](CCCCNC(=O)[C@H](CS)NC(=O)CC([P+](=O)O)[P+](=O)O)N1C(=O)c2ccc4c5c(ccc(c25)C1=O)C(=O)NC4=O)C3=O. The van der Waals surface area contributed by atoms with Crippen molar-refractivity contribution in [2.75, 3.05) is 31.9 Å². The van der Waals surface area contributed by atoms with Crippen LogP contribution in [0.2, 0.25) is 0 Å². The Morgan fingerprint density at radius 3 is 1.43 bits per heavy atom. The summed E-state index contributed by atoms with van der Waals surface area (Å²) in [6.45, 7) is -1.45. The van der Waals surface area contributed by atoms with E-state index >= 15 is 0 Å². The molecule has 4 heterocycles. The molecule has 0 spiro atoms. The summed E-state index contributed by atoms with van der Waals surface area (Å²) >= 11 is 4.06. The fourth-order valence-electron chi connectivity index (χ4n) is 9.57. The number of benzene rings is 4. The summed E-state index contributed by atoms with van der Waals surface area (Å²) in [7, 11) is -12.8. The Labute approximate surface area is 463 Å². The highest BCUT2D eigenvalue weighted by Gasteiger charge is 2.51. The second-order valence-electron chi connectivity index (χ2n) is 18.2. The predicted molar refractivity (Wildman–Crippen MR) is 283 cm³/mol. The summed E-state index contributed by atoms with van der Waals surface area (Å²) in [4.78, 5) is 201. The second kappa shape index (κ2) is 24.4. The van der Waals surface area contributed by atoms with Crippen LogP contribution in [0.5, 0.6) is 0 Å². The number of imide groups is 4. The first-order valence-electron chi connectivity index (χ1n) is 24.0. The van der Waals surface area contributed by atoms with Crippen LogP contribution in [-0.4, -0.2) is 166 Å². The molecule has 0 saturated heterocycles. The Kier molecular flexibility index (Phi) is 17.9. The van der Waals surface area contributed by atoms with Gasteiger partial charge in [0.15, 0.2) is 0 Å². The molecule has 29 nitrogen and oxygen atoms in total. The number of rotatable bonds is 24. The first kappa shape index (κ1) is 59.2. The number of amides is 12. The van der Waals surface area contributed by atoms with E-state index in [1.807, 2.05) is 0 Å². The van der Waals surface area contributed by atoms with Gasteiger partial charge in [-0.3, -0.25) is 77.6 Å². The molecule has 9 N–H and O–H groups in total. The maximum absolute atomic E-state index is 14.4. The van der Waals surface area contributed by atoms with Gasteiger partial charge < -0.3 is 16.0 Å². The van der Waals surface area contributed by atoms with Crippen LogP contribution < -0.4 is 26.7 Å². The molecule has 4 unspecified atom stereocenters. The number of thiol groups is 1. The number of hydrazone groups is 1. The Morgan fingerprint density at radius 2 is 0.975 bits per heavy atom. The van der Waals surface area contributed by atoms with Gasteiger partial charge in [0.1, 0.15) is 24.9 Å². The van der Waals surface area contributed by atoms with Crippen LogP contribution in [0.15, 0.2) is 53.6 Å². The van der Waals surface area contributed by atoms with Gasteiger partial charge in [0.05, 0.1) is 6.54 Å². The standard InChI is InChI=1S/C47H39N9O20P4S/c57-30(17-32(77(69)70)78(71)72)48-13-15-54-42(63)22-8-10-24-36-25(11-9-23(35(22)36)43(54)64)45(66)55(44(24)65)16-14-50-53-41(62)29(3-1-2-12-49-40(61)28(19-81)51-31(58)18-33(79(73)74)80(75)76)56-46(67)26-6-4-20-34-21(39(60)52-38(20)59)5-7-27(37(26)34)47(56)68/h4-11,14,28-29,32-33H,1-3,12-13,15-19H2,(H6-4,48,49,51,52,53,57,58,59,60,61,62,69,70,71,72,73,74,75,76,81)/p+4/b50-14+/t28-,29+/m0/s1. The first-order chi connectivity index (χ1) is 38.5.